The average Bonchev–Trinajstić information content (AvgIpc) is 2.83. The molecule has 0 spiro atoms. The molecule has 2 aliphatic rings. The molecule has 1 aromatic heterocycles. The van der Waals surface area contributed by atoms with Crippen LogP contribution in [0.25, 0.3) is 0 Å². The molecule has 0 saturated carbocycles. The average molecular weight is 454 g/mol. The second kappa shape index (κ2) is 9.67. The molecule has 2 aromatic rings. The van der Waals surface area contributed by atoms with Crippen LogP contribution in [0.15, 0.2) is 41.4 Å². The number of hydrogen-bond donors (Lipinski definition) is 1. The van der Waals surface area contributed by atoms with Crippen LogP contribution in [0, 0.1) is 11.3 Å². The molecule has 168 valence electrons. The fourth-order valence-electron chi connectivity index (χ4n) is 4.31. The molecule has 9 heteroatoms. The summed E-state index contributed by atoms with van der Waals surface area (Å²) in [6, 6.07) is 10.9. The van der Waals surface area contributed by atoms with Crippen LogP contribution in [0.1, 0.15) is 36.0 Å². The molecule has 32 heavy (non-hydrogen) atoms. The quantitative estimate of drug-likeness (QED) is 0.715. The lowest BCUT2D eigenvalue weighted by Gasteiger charge is -2.35. The number of fused-ring (bicyclic) bond motifs is 1. The van der Waals surface area contributed by atoms with E-state index in [-0.39, 0.29) is 23.8 Å². The minimum Gasteiger partial charge on any atom is -0.352 e. The summed E-state index contributed by atoms with van der Waals surface area (Å²) < 4.78 is 27.9. The maximum absolute atomic E-state index is 12.7. The second-order valence-corrected chi connectivity index (χ2v) is 9.91. The number of piperazine rings is 1. The van der Waals surface area contributed by atoms with Crippen molar-refractivity contribution in [3.8, 4) is 6.07 Å². The topological polar surface area (TPSA) is 106 Å². The lowest BCUT2D eigenvalue weighted by molar-refractivity contribution is -0.131. The van der Waals surface area contributed by atoms with Crippen molar-refractivity contribution in [1.82, 2.24) is 14.6 Å². The molecule has 1 aromatic carbocycles. The summed E-state index contributed by atoms with van der Waals surface area (Å²) in [6.07, 6.45) is 5.92. The summed E-state index contributed by atoms with van der Waals surface area (Å²) >= 11 is 0. The standard InChI is InChI=1S/C23H27N5O3S/c24-17-20-6-3-10-25-23(20)28-14-12-27(13-15-28)22(29)9-11-26-32(30,31)21-8-7-18-4-1-2-5-19(18)16-21/h3,6-8,10,16,26H,1-2,4-5,9,11-15H2. The van der Waals surface area contributed by atoms with Gasteiger partial charge in [0.2, 0.25) is 15.9 Å². The van der Waals surface area contributed by atoms with Crippen LogP contribution in [0.2, 0.25) is 0 Å². The predicted octanol–water partition coefficient (Wildman–Crippen LogP) is 1.85. The Labute approximate surface area is 188 Å². The van der Waals surface area contributed by atoms with Crippen molar-refractivity contribution in [2.45, 2.75) is 37.0 Å². The van der Waals surface area contributed by atoms with Crippen LogP contribution in [0.3, 0.4) is 0 Å². The highest BCUT2D eigenvalue weighted by Gasteiger charge is 2.24. The van der Waals surface area contributed by atoms with E-state index in [0.717, 1.165) is 31.2 Å². The summed E-state index contributed by atoms with van der Waals surface area (Å²) in [7, 11) is -3.64. The summed E-state index contributed by atoms with van der Waals surface area (Å²) in [5.41, 5.74) is 2.86. The van der Waals surface area contributed by atoms with Crippen LogP contribution >= 0.6 is 0 Å². The molecule has 1 saturated heterocycles. The van der Waals surface area contributed by atoms with E-state index in [1.807, 2.05) is 11.0 Å². The number of carbonyl (C=O) groups excluding carboxylic acids is 1. The number of sulfonamides is 1. The Morgan fingerprint density at radius 1 is 1.09 bits per heavy atom. The highest BCUT2D eigenvalue weighted by Crippen LogP contribution is 2.24. The Bertz CT molecular complexity index is 1130. The highest BCUT2D eigenvalue weighted by atomic mass is 32.2. The van der Waals surface area contributed by atoms with Crippen LogP contribution < -0.4 is 9.62 Å². The number of nitrogens with zero attached hydrogens (tertiary/aromatic N) is 4. The Morgan fingerprint density at radius 2 is 1.84 bits per heavy atom. The summed E-state index contributed by atoms with van der Waals surface area (Å²) in [6.45, 7) is 2.25. The fraction of sp³-hybridized carbons (Fsp3) is 0.435. The van der Waals surface area contributed by atoms with E-state index in [1.165, 1.54) is 5.56 Å². The third-order valence-corrected chi connectivity index (χ3v) is 7.56. The van der Waals surface area contributed by atoms with Crippen molar-refractivity contribution in [2.24, 2.45) is 0 Å². The van der Waals surface area contributed by atoms with Gasteiger partial charge in [-0.3, -0.25) is 4.79 Å². The molecule has 0 radical (unpaired) electrons. The first-order chi connectivity index (χ1) is 15.5. The first-order valence-corrected chi connectivity index (χ1v) is 12.5. The Morgan fingerprint density at radius 3 is 2.59 bits per heavy atom. The fourth-order valence-corrected chi connectivity index (χ4v) is 5.40. The van der Waals surface area contributed by atoms with E-state index in [4.69, 9.17) is 0 Å². The first-order valence-electron chi connectivity index (χ1n) is 11.0. The summed E-state index contributed by atoms with van der Waals surface area (Å²) in [5, 5.41) is 9.26. The van der Waals surface area contributed by atoms with Gasteiger partial charge in [-0.1, -0.05) is 6.07 Å². The summed E-state index contributed by atoms with van der Waals surface area (Å²) in [4.78, 5) is 20.9. The molecule has 1 aliphatic heterocycles. The van der Waals surface area contributed by atoms with Gasteiger partial charge in [0.1, 0.15) is 11.9 Å². The molecule has 4 rings (SSSR count). The van der Waals surface area contributed by atoms with Crippen molar-refractivity contribution < 1.29 is 13.2 Å². The Kier molecular flexibility index (Phi) is 6.72. The van der Waals surface area contributed by atoms with Crippen LogP contribution in [-0.2, 0) is 27.7 Å². The van der Waals surface area contributed by atoms with E-state index in [9.17, 15) is 18.5 Å². The van der Waals surface area contributed by atoms with Gasteiger partial charge in [0, 0.05) is 45.3 Å². The lowest BCUT2D eigenvalue weighted by atomic mass is 9.92. The van der Waals surface area contributed by atoms with Crippen molar-refractivity contribution in [3.05, 3.63) is 53.2 Å². The molecule has 0 atom stereocenters. The number of amides is 1. The number of nitriles is 1. The first kappa shape index (κ1) is 22.2. The minimum atomic E-state index is -3.64. The van der Waals surface area contributed by atoms with E-state index in [2.05, 4.69) is 15.8 Å². The molecule has 1 amide bonds. The molecular formula is C23H27N5O3S. The molecule has 8 nitrogen and oxygen atoms in total. The Hall–Kier alpha value is -2.96. The minimum absolute atomic E-state index is 0.0668. The number of aryl methyl sites for hydroxylation is 2. The van der Waals surface area contributed by atoms with Crippen molar-refractivity contribution in [2.75, 3.05) is 37.6 Å². The number of nitrogens with one attached hydrogen (secondary N) is 1. The van der Waals surface area contributed by atoms with E-state index >= 15 is 0 Å². The zero-order valence-electron chi connectivity index (χ0n) is 18.0. The van der Waals surface area contributed by atoms with Gasteiger partial charge in [0.05, 0.1) is 10.5 Å². The Balaban J connectivity index is 1.28. The van der Waals surface area contributed by atoms with Gasteiger partial charge in [-0.25, -0.2) is 18.1 Å². The number of pyridine rings is 1. The third kappa shape index (κ3) is 4.92. The molecule has 1 aliphatic carbocycles. The van der Waals surface area contributed by atoms with Gasteiger partial charge < -0.3 is 9.80 Å². The molecular weight excluding hydrogens is 426 g/mol. The zero-order valence-corrected chi connectivity index (χ0v) is 18.8. The monoisotopic (exact) mass is 453 g/mol. The van der Waals surface area contributed by atoms with Crippen molar-refractivity contribution >= 4 is 21.7 Å². The van der Waals surface area contributed by atoms with Gasteiger partial charge in [-0.15, -0.1) is 0 Å². The van der Waals surface area contributed by atoms with Gasteiger partial charge in [0.15, 0.2) is 0 Å². The molecule has 1 fully saturated rings. The second-order valence-electron chi connectivity index (χ2n) is 8.14. The maximum Gasteiger partial charge on any atom is 0.240 e. The number of rotatable bonds is 6. The largest absolute Gasteiger partial charge is 0.352 e. The van der Waals surface area contributed by atoms with Gasteiger partial charge in [0.25, 0.3) is 0 Å². The zero-order chi connectivity index (χ0) is 22.6. The van der Waals surface area contributed by atoms with Crippen molar-refractivity contribution in [1.29, 1.82) is 5.26 Å². The van der Waals surface area contributed by atoms with Gasteiger partial charge in [-0.2, -0.15) is 5.26 Å². The van der Waals surface area contributed by atoms with Crippen LogP contribution in [-0.4, -0.2) is 56.9 Å². The molecule has 1 N–H and O–H groups in total. The number of benzene rings is 1. The van der Waals surface area contributed by atoms with Crippen LogP contribution in [0.4, 0.5) is 5.82 Å². The number of anilines is 1. The molecule has 0 unspecified atom stereocenters. The summed E-state index contributed by atoms with van der Waals surface area (Å²) in [5.74, 6) is 0.555. The van der Waals surface area contributed by atoms with Crippen molar-refractivity contribution in [3.63, 3.8) is 0 Å². The van der Waals surface area contributed by atoms with Gasteiger partial charge >= 0.3 is 0 Å². The third-order valence-electron chi connectivity index (χ3n) is 6.10. The van der Waals surface area contributed by atoms with E-state index in [1.54, 1.807) is 35.4 Å². The maximum atomic E-state index is 12.7. The van der Waals surface area contributed by atoms with E-state index in [0.29, 0.717) is 37.6 Å². The lowest BCUT2D eigenvalue weighted by Crippen LogP contribution is -2.49. The highest BCUT2D eigenvalue weighted by molar-refractivity contribution is 7.89. The molecule has 0 bridgehead atoms. The van der Waals surface area contributed by atoms with E-state index < -0.39 is 10.0 Å². The van der Waals surface area contributed by atoms with Crippen LogP contribution in [0.5, 0.6) is 0 Å². The number of aromatic nitrogens is 1. The number of carbonyl (C=O) groups is 1. The predicted molar refractivity (Wildman–Crippen MR) is 121 cm³/mol. The SMILES string of the molecule is N#Cc1cccnc1N1CCN(C(=O)CCNS(=O)(=O)c2ccc3c(c2)CCCC3)CC1. The smallest absolute Gasteiger partial charge is 0.240 e. The van der Waals surface area contributed by atoms with Gasteiger partial charge in [-0.05, 0) is 61.1 Å². The normalized spacial score (nSPS) is 16.3. The number of hydrogen-bond acceptors (Lipinski definition) is 6. The molecule has 2 heterocycles.